The van der Waals surface area contributed by atoms with Gasteiger partial charge in [0.2, 0.25) is 0 Å². The number of anilines is 2. The number of rotatable bonds is 6. The largest absolute Gasteiger partial charge is 0.492 e. The van der Waals surface area contributed by atoms with Crippen LogP contribution in [-0.4, -0.2) is 39.0 Å². The van der Waals surface area contributed by atoms with E-state index in [2.05, 4.69) is 15.3 Å². The molecule has 1 saturated heterocycles. The molecule has 8 heteroatoms. The molecule has 1 atom stereocenters. The van der Waals surface area contributed by atoms with Crippen molar-refractivity contribution in [2.24, 2.45) is 0 Å². The summed E-state index contributed by atoms with van der Waals surface area (Å²) in [5.74, 6) is 1.46. The monoisotopic (exact) mass is 385 g/mol. The Balaban J connectivity index is 1.75. The van der Waals surface area contributed by atoms with Gasteiger partial charge in [-0.05, 0) is 44.6 Å². The van der Waals surface area contributed by atoms with Crippen molar-refractivity contribution < 1.29 is 9.47 Å². The first-order chi connectivity index (χ1) is 13.3. The highest BCUT2D eigenvalue weighted by molar-refractivity contribution is 7.98. The Hall–Kier alpha value is -2.32. The summed E-state index contributed by atoms with van der Waals surface area (Å²) in [4.78, 5) is 13.9. The zero-order chi connectivity index (χ0) is 18.6. The second-order valence-corrected chi connectivity index (χ2v) is 7.03. The average Bonchev–Trinajstić information content (AvgIpc) is 3.14. The standard InChI is InChI=1S/C19H23N5O2S/c1-3-25-14-9-5-4-8-13(14)21-17-16-18(23-19(22-17)27-2)24(12-20-16)15-10-6-7-11-26-15/h4-5,8-9,12,15H,3,6-7,10-11H2,1-2H3,(H,21,22,23). The van der Waals surface area contributed by atoms with Gasteiger partial charge in [0, 0.05) is 6.61 Å². The number of thioether (sulfide) groups is 1. The van der Waals surface area contributed by atoms with Crippen LogP contribution < -0.4 is 10.1 Å². The number of nitrogens with zero attached hydrogens (tertiary/aromatic N) is 4. The Kier molecular flexibility index (Phi) is 5.45. The van der Waals surface area contributed by atoms with Gasteiger partial charge in [0.1, 0.15) is 12.0 Å². The lowest BCUT2D eigenvalue weighted by Gasteiger charge is -2.23. The second kappa shape index (κ2) is 8.14. The molecule has 3 heterocycles. The molecule has 0 saturated carbocycles. The van der Waals surface area contributed by atoms with E-state index in [0.717, 1.165) is 48.5 Å². The highest BCUT2D eigenvalue weighted by Gasteiger charge is 2.21. The van der Waals surface area contributed by atoms with E-state index >= 15 is 0 Å². The Labute approximate surface area is 162 Å². The molecular weight excluding hydrogens is 362 g/mol. The van der Waals surface area contributed by atoms with Crippen LogP contribution in [0.1, 0.15) is 32.4 Å². The van der Waals surface area contributed by atoms with E-state index in [4.69, 9.17) is 14.5 Å². The predicted molar refractivity (Wildman–Crippen MR) is 107 cm³/mol. The first kappa shape index (κ1) is 18.1. The molecule has 3 aromatic rings. The van der Waals surface area contributed by atoms with Crippen molar-refractivity contribution in [3.63, 3.8) is 0 Å². The third-order valence-corrected chi connectivity index (χ3v) is 5.04. The fourth-order valence-electron chi connectivity index (χ4n) is 3.21. The molecule has 0 bridgehead atoms. The van der Waals surface area contributed by atoms with Crippen LogP contribution in [0.4, 0.5) is 11.5 Å². The molecule has 1 aliphatic heterocycles. The number of imidazole rings is 1. The van der Waals surface area contributed by atoms with E-state index < -0.39 is 0 Å². The van der Waals surface area contributed by atoms with Gasteiger partial charge in [0.25, 0.3) is 0 Å². The fourth-order valence-corrected chi connectivity index (χ4v) is 3.57. The number of fused-ring (bicyclic) bond motifs is 1. The average molecular weight is 385 g/mol. The quantitative estimate of drug-likeness (QED) is 0.498. The predicted octanol–water partition coefficient (Wildman–Crippen LogP) is 4.39. The van der Waals surface area contributed by atoms with Crippen LogP contribution in [0.5, 0.6) is 5.75 Å². The van der Waals surface area contributed by atoms with E-state index in [9.17, 15) is 0 Å². The molecule has 1 fully saturated rings. The SMILES string of the molecule is CCOc1ccccc1Nc1nc(SC)nc2c1ncn2C1CCCCO1. The maximum atomic E-state index is 5.93. The van der Waals surface area contributed by atoms with Gasteiger partial charge >= 0.3 is 0 Å². The molecule has 0 amide bonds. The van der Waals surface area contributed by atoms with E-state index in [0.29, 0.717) is 17.6 Å². The summed E-state index contributed by atoms with van der Waals surface area (Å²) in [6.45, 7) is 3.34. The van der Waals surface area contributed by atoms with Crippen molar-refractivity contribution >= 4 is 34.4 Å². The molecule has 27 heavy (non-hydrogen) atoms. The van der Waals surface area contributed by atoms with E-state index in [1.54, 1.807) is 6.33 Å². The summed E-state index contributed by atoms with van der Waals surface area (Å²) < 4.78 is 13.7. The van der Waals surface area contributed by atoms with Crippen molar-refractivity contribution in [3.8, 4) is 5.75 Å². The minimum absolute atomic E-state index is 0.0167. The van der Waals surface area contributed by atoms with Crippen molar-refractivity contribution in [1.82, 2.24) is 19.5 Å². The normalized spacial score (nSPS) is 17.2. The van der Waals surface area contributed by atoms with Crippen LogP contribution in [0, 0.1) is 0 Å². The van der Waals surface area contributed by atoms with Gasteiger partial charge in [-0.2, -0.15) is 0 Å². The third kappa shape index (κ3) is 3.72. The van der Waals surface area contributed by atoms with Gasteiger partial charge in [0.05, 0.1) is 18.6 Å². The first-order valence-electron chi connectivity index (χ1n) is 9.19. The Morgan fingerprint density at radius 2 is 2.19 bits per heavy atom. The van der Waals surface area contributed by atoms with Crippen LogP contribution in [0.2, 0.25) is 0 Å². The summed E-state index contributed by atoms with van der Waals surface area (Å²) in [6, 6.07) is 7.83. The number of hydrogen-bond acceptors (Lipinski definition) is 7. The molecule has 1 N–H and O–H groups in total. The summed E-state index contributed by atoms with van der Waals surface area (Å²) in [5, 5.41) is 4.08. The number of ether oxygens (including phenoxy) is 2. The smallest absolute Gasteiger partial charge is 0.191 e. The van der Waals surface area contributed by atoms with Gasteiger partial charge in [-0.1, -0.05) is 23.9 Å². The minimum atomic E-state index is -0.0167. The Morgan fingerprint density at radius 3 is 2.96 bits per heavy atom. The van der Waals surface area contributed by atoms with Crippen molar-refractivity contribution in [2.75, 3.05) is 24.8 Å². The highest BCUT2D eigenvalue weighted by atomic mass is 32.2. The van der Waals surface area contributed by atoms with Gasteiger partial charge in [-0.3, -0.25) is 4.57 Å². The lowest BCUT2D eigenvalue weighted by molar-refractivity contribution is -0.0298. The molecule has 1 aromatic carbocycles. The number of nitrogens with one attached hydrogen (secondary N) is 1. The van der Waals surface area contributed by atoms with E-state index in [1.165, 1.54) is 11.8 Å². The molecule has 0 radical (unpaired) electrons. The fraction of sp³-hybridized carbons (Fsp3) is 0.421. The summed E-state index contributed by atoms with van der Waals surface area (Å²) in [7, 11) is 0. The molecule has 1 unspecified atom stereocenters. The molecular formula is C19H23N5O2S. The van der Waals surface area contributed by atoms with Crippen molar-refractivity contribution in [3.05, 3.63) is 30.6 Å². The third-order valence-electron chi connectivity index (χ3n) is 4.49. The first-order valence-corrected chi connectivity index (χ1v) is 10.4. The van der Waals surface area contributed by atoms with Gasteiger partial charge < -0.3 is 14.8 Å². The van der Waals surface area contributed by atoms with Crippen LogP contribution >= 0.6 is 11.8 Å². The summed E-state index contributed by atoms with van der Waals surface area (Å²) in [6.07, 6.45) is 6.99. The number of aromatic nitrogens is 4. The zero-order valence-electron chi connectivity index (χ0n) is 15.5. The van der Waals surface area contributed by atoms with Gasteiger partial charge in [-0.25, -0.2) is 15.0 Å². The minimum Gasteiger partial charge on any atom is -0.492 e. The lowest BCUT2D eigenvalue weighted by atomic mass is 10.2. The van der Waals surface area contributed by atoms with Gasteiger partial charge in [-0.15, -0.1) is 0 Å². The Bertz CT molecular complexity index is 924. The van der Waals surface area contributed by atoms with Crippen LogP contribution in [0.15, 0.2) is 35.7 Å². The maximum absolute atomic E-state index is 5.93. The molecule has 1 aliphatic rings. The molecule has 0 aliphatic carbocycles. The topological polar surface area (TPSA) is 74.1 Å². The maximum Gasteiger partial charge on any atom is 0.191 e. The van der Waals surface area contributed by atoms with Crippen molar-refractivity contribution in [1.29, 1.82) is 0 Å². The summed E-state index contributed by atoms with van der Waals surface area (Å²) >= 11 is 1.51. The zero-order valence-corrected chi connectivity index (χ0v) is 16.3. The summed E-state index contributed by atoms with van der Waals surface area (Å²) in [5.41, 5.74) is 2.38. The van der Waals surface area contributed by atoms with Crippen LogP contribution in [0.3, 0.4) is 0 Å². The lowest BCUT2D eigenvalue weighted by Crippen LogP contribution is -2.17. The molecule has 2 aromatic heterocycles. The molecule has 142 valence electrons. The Morgan fingerprint density at radius 1 is 1.30 bits per heavy atom. The second-order valence-electron chi connectivity index (χ2n) is 6.26. The number of para-hydroxylation sites is 2. The van der Waals surface area contributed by atoms with Crippen molar-refractivity contribution in [2.45, 2.75) is 37.6 Å². The van der Waals surface area contributed by atoms with Crippen LogP contribution in [0.25, 0.3) is 11.2 Å². The van der Waals surface area contributed by atoms with E-state index in [-0.39, 0.29) is 6.23 Å². The molecule has 0 spiro atoms. The number of benzene rings is 1. The molecule has 7 nitrogen and oxygen atoms in total. The van der Waals surface area contributed by atoms with Crippen LogP contribution in [-0.2, 0) is 4.74 Å². The molecule has 4 rings (SSSR count). The number of hydrogen-bond donors (Lipinski definition) is 1. The highest BCUT2D eigenvalue weighted by Crippen LogP contribution is 2.32. The van der Waals surface area contributed by atoms with E-state index in [1.807, 2.05) is 42.0 Å². The van der Waals surface area contributed by atoms with Gasteiger partial charge in [0.15, 0.2) is 22.1 Å².